The van der Waals surface area contributed by atoms with Crippen molar-refractivity contribution < 1.29 is 17.5 Å². The number of anilines is 1. The number of hydrogen-bond donors (Lipinski definition) is 1. The van der Waals surface area contributed by atoms with Gasteiger partial charge in [-0.2, -0.15) is 8.42 Å². The summed E-state index contributed by atoms with van der Waals surface area (Å²) in [6, 6.07) is 20.5. The number of hydrogen-bond acceptors (Lipinski definition) is 3. The predicted molar refractivity (Wildman–Crippen MR) is 108 cm³/mol. The van der Waals surface area contributed by atoms with Crippen molar-refractivity contribution in [3.05, 3.63) is 90.2 Å². The number of nitrogens with one attached hydrogen (secondary N) is 1. The van der Waals surface area contributed by atoms with E-state index >= 15 is 0 Å². The summed E-state index contributed by atoms with van der Waals surface area (Å²) >= 11 is 0. The Morgan fingerprint density at radius 3 is 2.25 bits per heavy atom. The van der Waals surface area contributed by atoms with Crippen molar-refractivity contribution in [3.63, 3.8) is 0 Å². The summed E-state index contributed by atoms with van der Waals surface area (Å²) in [5.74, 6) is -0.0107. The Kier molecular flexibility index (Phi) is 6.06. The Bertz CT molecular complexity index is 1070. The average Bonchev–Trinajstić information content (AvgIpc) is 2.70. The molecule has 0 saturated carbocycles. The molecule has 0 radical (unpaired) electrons. The molecule has 0 saturated heterocycles. The van der Waals surface area contributed by atoms with Crippen molar-refractivity contribution in [2.24, 2.45) is 4.40 Å². The molecule has 144 valence electrons. The van der Waals surface area contributed by atoms with Gasteiger partial charge in [-0.1, -0.05) is 30.3 Å². The molecule has 0 amide bonds. The standard InChI is InChI=1S/C21H19FN2O3S/c1-2-27-17-14-12-16(13-15-17)23-21(19-10-6-7-11-20(19)22)24-28(25,26)18-8-4-3-5-9-18/h3-15H,2H2,1H3,(H,23,24). The molecule has 0 aliphatic heterocycles. The molecule has 0 unspecified atom stereocenters. The highest BCUT2D eigenvalue weighted by Gasteiger charge is 2.17. The first-order valence-electron chi connectivity index (χ1n) is 8.64. The van der Waals surface area contributed by atoms with Crippen LogP contribution < -0.4 is 10.1 Å². The van der Waals surface area contributed by atoms with Gasteiger partial charge in [0.2, 0.25) is 0 Å². The van der Waals surface area contributed by atoms with Crippen LogP contribution in [0, 0.1) is 5.82 Å². The Labute approximate surface area is 163 Å². The van der Waals surface area contributed by atoms with Crippen LogP contribution in [0.2, 0.25) is 0 Å². The minimum Gasteiger partial charge on any atom is -0.494 e. The Hall–Kier alpha value is -3.19. The molecule has 7 heteroatoms. The monoisotopic (exact) mass is 398 g/mol. The minimum atomic E-state index is -4.03. The van der Waals surface area contributed by atoms with Gasteiger partial charge in [-0.05, 0) is 55.5 Å². The highest BCUT2D eigenvalue weighted by Crippen LogP contribution is 2.20. The molecule has 0 bridgehead atoms. The molecule has 0 aromatic heterocycles. The van der Waals surface area contributed by atoms with Crippen LogP contribution in [0.1, 0.15) is 12.5 Å². The maximum atomic E-state index is 14.3. The van der Waals surface area contributed by atoms with Crippen LogP contribution in [-0.4, -0.2) is 20.9 Å². The lowest BCUT2D eigenvalue weighted by Crippen LogP contribution is -2.18. The van der Waals surface area contributed by atoms with Crippen LogP contribution in [0.15, 0.2) is 88.2 Å². The lowest BCUT2D eigenvalue weighted by molar-refractivity contribution is 0.340. The van der Waals surface area contributed by atoms with Gasteiger partial charge in [0.25, 0.3) is 10.0 Å². The van der Waals surface area contributed by atoms with Gasteiger partial charge in [0, 0.05) is 5.69 Å². The first kappa shape index (κ1) is 19.6. The highest BCUT2D eigenvalue weighted by molar-refractivity contribution is 7.90. The van der Waals surface area contributed by atoms with Crippen LogP contribution >= 0.6 is 0 Å². The Balaban J connectivity index is 2.02. The summed E-state index contributed by atoms with van der Waals surface area (Å²) in [6.45, 7) is 2.41. The molecule has 0 heterocycles. The number of nitrogens with zero attached hydrogens (tertiary/aromatic N) is 1. The summed E-state index contributed by atoms with van der Waals surface area (Å²) in [5, 5.41) is 2.91. The van der Waals surface area contributed by atoms with Gasteiger partial charge >= 0.3 is 0 Å². The highest BCUT2D eigenvalue weighted by atomic mass is 32.2. The number of sulfonamides is 1. The van der Waals surface area contributed by atoms with Crippen molar-refractivity contribution in [2.75, 3.05) is 11.9 Å². The quantitative estimate of drug-likeness (QED) is 0.491. The number of rotatable bonds is 6. The van der Waals surface area contributed by atoms with Gasteiger partial charge in [-0.15, -0.1) is 4.40 Å². The van der Waals surface area contributed by atoms with Gasteiger partial charge in [0.1, 0.15) is 11.6 Å². The van der Waals surface area contributed by atoms with Gasteiger partial charge in [0.05, 0.1) is 17.1 Å². The lowest BCUT2D eigenvalue weighted by atomic mass is 10.2. The average molecular weight is 398 g/mol. The van der Waals surface area contributed by atoms with E-state index in [2.05, 4.69) is 9.71 Å². The second-order valence-corrected chi connectivity index (χ2v) is 7.39. The normalized spacial score (nSPS) is 11.9. The molecular formula is C21H19FN2O3S. The van der Waals surface area contributed by atoms with Crippen molar-refractivity contribution >= 4 is 21.5 Å². The van der Waals surface area contributed by atoms with E-state index in [-0.39, 0.29) is 16.3 Å². The van der Waals surface area contributed by atoms with E-state index in [4.69, 9.17) is 4.74 Å². The summed E-state index contributed by atoms with van der Waals surface area (Å²) in [4.78, 5) is 0.0253. The van der Waals surface area contributed by atoms with Gasteiger partial charge in [-0.25, -0.2) is 4.39 Å². The molecule has 0 aliphatic carbocycles. The summed E-state index contributed by atoms with van der Waals surface area (Å²) in [6.07, 6.45) is 0. The topological polar surface area (TPSA) is 67.8 Å². The fourth-order valence-electron chi connectivity index (χ4n) is 2.50. The zero-order valence-electron chi connectivity index (χ0n) is 15.2. The van der Waals surface area contributed by atoms with E-state index < -0.39 is 15.8 Å². The largest absolute Gasteiger partial charge is 0.494 e. The van der Waals surface area contributed by atoms with Crippen LogP contribution in [0.5, 0.6) is 5.75 Å². The maximum absolute atomic E-state index is 14.3. The molecule has 5 nitrogen and oxygen atoms in total. The third-order valence-electron chi connectivity index (χ3n) is 3.81. The molecule has 0 atom stereocenters. The number of amidine groups is 1. The molecule has 1 N–H and O–H groups in total. The predicted octanol–water partition coefficient (Wildman–Crippen LogP) is 4.47. The van der Waals surface area contributed by atoms with Crippen molar-refractivity contribution in [1.29, 1.82) is 0 Å². The van der Waals surface area contributed by atoms with Crippen LogP contribution in [0.3, 0.4) is 0 Å². The summed E-state index contributed by atoms with van der Waals surface area (Å²) in [7, 11) is -4.03. The summed E-state index contributed by atoms with van der Waals surface area (Å²) < 4.78 is 49.0. The second kappa shape index (κ2) is 8.67. The fraction of sp³-hybridized carbons (Fsp3) is 0.0952. The zero-order chi connectivity index (χ0) is 20.0. The van der Waals surface area contributed by atoms with Crippen molar-refractivity contribution in [2.45, 2.75) is 11.8 Å². The van der Waals surface area contributed by atoms with E-state index in [0.717, 1.165) is 0 Å². The van der Waals surface area contributed by atoms with Crippen molar-refractivity contribution in [3.8, 4) is 5.75 Å². The first-order valence-corrected chi connectivity index (χ1v) is 10.1. The number of benzene rings is 3. The summed E-state index contributed by atoms with van der Waals surface area (Å²) in [5.41, 5.74) is 0.601. The molecule has 0 aliphatic rings. The van der Waals surface area contributed by atoms with E-state index in [9.17, 15) is 12.8 Å². The third kappa shape index (κ3) is 4.75. The molecular weight excluding hydrogens is 379 g/mol. The fourth-order valence-corrected chi connectivity index (χ4v) is 3.49. The van der Waals surface area contributed by atoms with E-state index in [1.54, 1.807) is 48.5 Å². The molecule has 3 rings (SSSR count). The molecule has 0 spiro atoms. The molecule has 3 aromatic carbocycles. The van der Waals surface area contributed by atoms with Gasteiger partial charge < -0.3 is 10.1 Å². The molecule has 3 aromatic rings. The van der Waals surface area contributed by atoms with Crippen LogP contribution in [-0.2, 0) is 10.0 Å². The zero-order valence-corrected chi connectivity index (χ0v) is 16.0. The number of halogens is 1. The van der Waals surface area contributed by atoms with E-state index in [1.165, 1.54) is 30.3 Å². The van der Waals surface area contributed by atoms with Crippen LogP contribution in [0.4, 0.5) is 10.1 Å². The lowest BCUT2D eigenvalue weighted by Gasteiger charge is -2.12. The van der Waals surface area contributed by atoms with E-state index in [1.807, 2.05) is 6.92 Å². The Morgan fingerprint density at radius 2 is 1.61 bits per heavy atom. The van der Waals surface area contributed by atoms with E-state index in [0.29, 0.717) is 18.0 Å². The third-order valence-corrected chi connectivity index (χ3v) is 5.10. The SMILES string of the molecule is CCOc1ccc(NC(=NS(=O)(=O)c2ccccc2)c2ccccc2F)cc1. The van der Waals surface area contributed by atoms with Gasteiger partial charge in [-0.3, -0.25) is 0 Å². The first-order chi connectivity index (χ1) is 13.5. The molecule has 0 fully saturated rings. The van der Waals surface area contributed by atoms with Crippen molar-refractivity contribution in [1.82, 2.24) is 0 Å². The van der Waals surface area contributed by atoms with Gasteiger partial charge in [0.15, 0.2) is 5.84 Å². The Morgan fingerprint density at radius 1 is 0.964 bits per heavy atom. The van der Waals surface area contributed by atoms with Crippen LogP contribution in [0.25, 0.3) is 0 Å². The smallest absolute Gasteiger partial charge is 0.284 e. The molecule has 28 heavy (non-hydrogen) atoms. The second-order valence-electron chi connectivity index (χ2n) is 5.79. The maximum Gasteiger partial charge on any atom is 0.284 e. The minimum absolute atomic E-state index is 0.0253. The number of ether oxygens (including phenoxy) is 1.